The lowest BCUT2D eigenvalue weighted by molar-refractivity contribution is 0.653. The summed E-state index contributed by atoms with van der Waals surface area (Å²) in [5.74, 6) is 1.76. The third kappa shape index (κ3) is 3.64. The molecule has 0 saturated carbocycles. The number of nitrogens with zero attached hydrogens (tertiary/aromatic N) is 3. The van der Waals surface area contributed by atoms with Crippen molar-refractivity contribution in [1.82, 2.24) is 20.1 Å². The second kappa shape index (κ2) is 6.30. The maximum atomic E-state index is 4.39. The summed E-state index contributed by atoms with van der Waals surface area (Å²) < 4.78 is 3.05. The van der Waals surface area contributed by atoms with Gasteiger partial charge in [-0.2, -0.15) is 5.10 Å². The summed E-state index contributed by atoms with van der Waals surface area (Å²) >= 11 is 3.64. The molecule has 5 heteroatoms. The van der Waals surface area contributed by atoms with Gasteiger partial charge < -0.3 is 5.32 Å². The van der Waals surface area contributed by atoms with Crippen LogP contribution in [-0.2, 0) is 13.1 Å². The van der Waals surface area contributed by atoms with E-state index in [1.807, 2.05) is 18.5 Å². The molecule has 0 amide bonds. The van der Waals surface area contributed by atoms with Crippen LogP contribution in [0.25, 0.3) is 0 Å². The van der Waals surface area contributed by atoms with Crippen LogP contribution in [0, 0.1) is 13.8 Å². The smallest absolute Gasteiger partial charge is 0.147 e. The van der Waals surface area contributed by atoms with Crippen LogP contribution in [0.15, 0.2) is 22.7 Å². The van der Waals surface area contributed by atoms with E-state index in [9.17, 15) is 0 Å². The van der Waals surface area contributed by atoms with Gasteiger partial charge in [-0.1, -0.05) is 35.0 Å². The molecule has 0 unspecified atom stereocenters. The summed E-state index contributed by atoms with van der Waals surface area (Å²) in [6.07, 6.45) is 0. The highest BCUT2D eigenvalue weighted by molar-refractivity contribution is 9.10. The van der Waals surface area contributed by atoms with Gasteiger partial charge in [0.25, 0.3) is 0 Å². The van der Waals surface area contributed by atoms with E-state index < -0.39 is 0 Å². The van der Waals surface area contributed by atoms with Crippen LogP contribution in [0.1, 0.15) is 29.7 Å². The zero-order valence-corrected chi connectivity index (χ0v) is 13.2. The highest BCUT2D eigenvalue weighted by Gasteiger charge is 2.06. The number of rotatable bonds is 5. The molecule has 0 saturated heterocycles. The number of aromatic nitrogens is 3. The molecule has 1 heterocycles. The summed E-state index contributed by atoms with van der Waals surface area (Å²) in [4.78, 5) is 4.32. The zero-order chi connectivity index (χ0) is 13.8. The molecule has 2 aromatic rings. The van der Waals surface area contributed by atoms with Gasteiger partial charge in [0.05, 0.1) is 6.54 Å². The molecular weight excluding hydrogens is 304 g/mol. The number of benzene rings is 1. The third-order valence-electron chi connectivity index (χ3n) is 2.98. The first-order valence-electron chi connectivity index (χ1n) is 6.46. The fourth-order valence-corrected chi connectivity index (χ4v) is 2.52. The molecule has 102 valence electrons. The lowest BCUT2D eigenvalue weighted by Crippen LogP contribution is -2.12. The number of aryl methyl sites for hydroxylation is 2. The number of hydrogen-bond donors (Lipinski definition) is 1. The molecule has 19 heavy (non-hydrogen) atoms. The minimum absolute atomic E-state index is 0.745. The fraction of sp³-hybridized carbons (Fsp3) is 0.429. The average molecular weight is 323 g/mol. The lowest BCUT2D eigenvalue weighted by atomic mass is 10.1. The van der Waals surface area contributed by atoms with Crippen molar-refractivity contribution in [3.63, 3.8) is 0 Å². The van der Waals surface area contributed by atoms with Crippen LogP contribution in [0.5, 0.6) is 0 Å². The van der Waals surface area contributed by atoms with Crippen LogP contribution >= 0.6 is 15.9 Å². The average Bonchev–Trinajstić information content (AvgIpc) is 2.68. The van der Waals surface area contributed by atoms with Gasteiger partial charge in [-0.05, 0) is 37.6 Å². The Hall–Kier alpha value is -1.20. The molecule has 0 aliphatic carbocycles. The summed E-state index contributed by atoms with van der Waals surface area (Å²) in [5.41, 5.74) is 2.50. The highest BCUT2D eigenvalue weighted by Crippen LogP contribution is 2.20. The molecule has 1 N–H and O–H groups in total. The van der Waals surface area contributed by atoms with Crippen molar-refractivity contribution in [3.8, 4) is 0 Å². The standard InChI is InChI=1S/C14H19BrN4/c1-4-16-8-12-5-6-13(14(15)7-12)9-19-11(3)17-10(2)18-19/h5-7,16H,4,8-9H2,1-3H3. The maximum absolute atomic E-state index is 4.39. The Bertz CT molecular complexity index is 563. The van der Waals surface area contributed by atoms with Crippen molar-refractivity contribution in [3.05, 3.63) is 45.4 Å². The molecule has 0 spiro atoms. The van der Waals surface area contributed by atoms with Crippen LogP contribution in [0.4, 0.5) is 0 Å². The van der Waals surface area contributed by atoms with Crippen molar-refractivity contribution < 1.29 is 0 Å². The minimum atomic E-state index is 0.745. The van der Waals surface area contributed by atoms with E-state index in [0.717, 1.165) is 35.8 Å². The van der Waals surface area contributed by atoms with Gasteiger partial charge in [-0.15, -0.1) is 0 Å². The molecule has 0 aliphatic rings. The predicted molar refractivity (Wildman–Crippen MR) is 80.1 cm³/mol. The first-order chi connectivity index (χ1) is 9.10. The fourth-order valence-electron chi connectivity index (χ4n) is 1.97. The Labute approximate surface area is 122 Å². The SMILES string of the molecule is CCNCc1ccc(Cn2nc(C)nc2C)c(Br)c1. The van der Waals surface area contributed by atoms with Crippen LogP contribution < -0.4 is 5.32 Å². The van der Waals surface area contributed by atoms with Gasteiger partial charge in [0.15, 0.2) is 0 Å². The molecule has 0 fully saturated rings. The molecular formula is C14H19BrN4. The van der Waals surface area contributed by atoms with Gasteiger partial charge in [-0.25, -0.2) is 9.67 Å². The summed E-state index contributed by atoms with van der Waals surface area (Å²) in [6, 6.07) is 6.46. The predicted octanol–water partition coefficient (Wildman–Crippen LogP) is 2.82. The minimum Gasteiger partial charge on any atom is -0.313 e. The quantitative estimate of drug-likeness (QED) is 0.920. The van der Waals surface area contributed by atoms with Crippen LogP contribution in [0.3, 0.4) is 0 Å². The van der Waals surface area contributed by atoms with Crippen LogP contribution in [0.2, 0.25) is 0 Å². The van der Waals surface area contributed by atoms with Crippen molar-refractivity contribution in [2.75, 3.05) is 6.54 Å². The van der Waals surface area contributed by atoms with Crippen molar-refractivity contribution >= 4 is 15.9 Å². The van der Waals surface area contributed by atoms with Gasteiger partial charge >= 0.3 is 0 Å². The first kappa shape index (κ1) is 14.2. The van der Waals surface area contributed by atoms with E-state index in [1.165, 1.54) is 11.1 Å². The van der Waals surface area contributed by atoms with Crippen molar-refractivity contribution in [2.45, 2.75) is 33.9 Å². The molecule has 0 atom stereocenters. The van der Waals surface area contributed by atoms with E-state index in [4.69, 9.17) is 0 Å². The molecule has 4 nitrogen and oxygen atoms in total. The number of halogens is 1. The summed E-state index contributed by atoms with van der Waals surface area (Å²) in [7, 11) is 0. The van der Waals surface area contributed by atoms with E-state index in [0.29, 0.717) is 0 Å². The van der Waals surface area contributed by atoms with Gasteiger partial charge in [-0.3, -0.25) is 0 Å². The van der Waals surface area contributed by atoms with Gasteiger partial charge in [0.1, 0.15) is 11.6 Å². The van der Waals surface area contributed by atoms with Crippen LogP contribution in [-0.4, -0.2) is 21.3 Å². The third-order valence-corrected chi connectivity index (χ3v) is 3.72. The monoisotopic (exact) mass is 322 g/mol. The molecule has 0 radical (unpaired) electrons. The molecule has 0 bridgehead atoms. The summed E-state index contributed by atoms with van der Waals surface area (Å²) in [5, 5.41) is 7.72. The molecule has 1 aromatic carbocycles. The van der Waals surface area contributed by atoms with E-state index >= 15 is 0 Å². The zero-order valence-electron chi connectivity index (χ0n) is 11.6. The highest BCUT2D eigenvalue weighted by atomic mass is 79.9. The number of nitrogens with one attached hydrogen (secondary N) is 1. The van der Waals surface area contributed by atoms with E-state index in [1.54, 1.807) is 0 Å². The first-order valence-corrected chi connectivity index (χ1v) is 7.25. The molecule has 2 rings (SSSR count). The topological polar surface area (TPSA) is 42.7 Å². The van der Waals surface area contributed by atoms with E-state index in [2.05, 4.69) is 56.5 Å². The lowest BCUT2D eigenvalue weighted by Gasteiger charge is -2.09. The van der Waals surface area contributed by atoms with Crippen molar-refractivity contribution in [1.29, 1.82) is 0 Å². The second-order valence-corrected chi connectivity index (χ2v) is 5.42. The summed E-state index contributed by atoms with van der Waals surface area (Å²) in [6.45, 7) is 8.63. The Morgan fingerprint density at radius 1 is 1.32 bits per heavy atom. The Balaban J connectivity index is 2.15. The number of hydrogen-bond acceptors (Lipinski definition) is 3. The maximum Gasteiger partial charge on any atom is 0.147 e. The van der Waals surface area contributed by atoms with Gasteiger partial charge in [0.2, 0.25) is 0 Å². The normalized spacial score (nSPS) is 10.9. The Morgan fingerprint density at radius 3 is 2.68 bits per heavy atom. The van der Waals surface area contributed by atoms with Gasteiger partial charge in [0, 0.05) is 11.0 Å². The Morgan fingerprint density at radius 2 is 2.11 bits per heavy atom. The second-order valence-electron chi connectivity index (χ2n) is 4.57. The molecule has 0 aliphatic heterocycles. The largest absolute Gasteiger partial charge is 0.313 e. The molecule has 1 aromatic heterocycles. The van der Waals surface area contributed by atoms with Crippen molar-refractivity contribution in [2.24, 2.45) is 0 Å². The van der Waals surface area contributed by atoms with E-state index in [-0.39, 0.29) is 0 Å². The Kier molecular flexibility index (Phi) is 4.71.